The summed E-state index contributed by atoms with van der Waals surface area (Å²) in [6.45, 7) is 5.15. The summed E-state index contributed by atoms with van der Waals surface area (Å²) in [5, 5.41) is 0. The van der Waals surface area contributed by atoms with Crippen LogP contribution < -0.4 is 0 Å². The van der Waals surface area contributed by atoms with E-state index in [1.165, 1.54) is 52.3 Å². The van der Waals surface area contributed by atoms with E-state index in [0.717, 1.165) is 5.92 Å². The molecule has 0 aromatic rings. The highest BCUT2D eigenvalue weighted by molar-refractivity contribution is 5.36. The van der Waals surface area contributed by atoms with Crippen LogP contribution in [0.3, 0.4) is 0 Å². The van der Waals surface area contributed by atoms with Gasteiger partial charge in [-0.1, -0.05) is 26.2 Å². The molecule has 3 nitrogen and oxygen atoms in total. The zero-order valence-corrected chi connectivity index (χ0v) is 10.4. The molecule has 1 aliphatic carbocycles. The fraction of sp³-hybridized carbons (Fsp3) is 0.917. The first-order chi connectivity index (χ1) is 7.24. The number of carbonyl (C=O) groups excluding carboxylic acids is 1. The number of nitrogens with zero attached hydrogens (tertiary/aromatic N) is 1. The number of hydrogen-bond acceptors (Lipinski definition) is 3. The molecule has 0 aromatic heterocycles. The Balaban J connectivity index is 0.000000423. The Morgan fingerprint density at radius 2 is 1.87 bits per heavy atom. The van der Waals surface area contributed by atoms with Crippen LogP contribution >= 0.6 is 0 Å². The lowest BCUT2D eigenvalue weighted by Gasteiger charge is -2.25. The molecular weight excluding hydrogens is 190 g/mol. The van der Waals surface area contributed by atoms with Crippen molar-refractivity contribution >= 4 is 6.47 Å². The minimum absolute atomic E-state index is 0.375. The summed E-state index contributed by atoms with van der Waals surface area (Å²) in [7, 11) is 3.54. The molecule has 1 fully saturated rings. The van der Waals surface area contributed by atoms with Gasteiger partial charge in [-0.25, -0.2) is 0 Å². The summed E-state index contributed by atoms with van der Waals surface area (Å²) < 4.78 is 3.86. The van der Waals surface area contributed by atoms with Crippen LogP contribution in [0, 0.1) is 5.92 Å². The first kappa shape index (κ1) is 14.4. The maximum atomic E-state index is 8.95. The van der Waals surface area contributed by atoms with Crippen LogP contribution in [-0.2, 0) is 9.53 Å². The third-order valence-electron chi connectivity index (χ3n) is 2.93. The van der Waals surface area contributed by atoms with E-state index < -0.39 is 0 Å². The monoisotopic (exact) mass is 215 g/mol. The van der Waals surface area contributed by atoms with Crippen molar-refractivity contribution in [2.75, 3.05) is 27.2 Å². The first-order valence-corrected chi connectivity index (χ1v) is 5.89. The van der Waals surface area contributed by atoms with Gasteiger partial charge in [0.1, 0.15) is 0 Å². The van der Waals surface area contributed by atoms with Gasteiger partial charge in [-0.2, -0.15) is 0 Å². The Hall–Kier alpha value is -0.570. The minimum Gasteiger partial charge on any atom is -0.471 e. The van der Waals surface area contributed by atoms with E-state index in [1.54, 1.807) is 0 Å². The van der Waals surface area contributed by atoms with Crippen molar-refractivity contribution in [2.24, 2.45) is 5.92 Å². The van der Waals surface area contributed by atoms with Crippen LogP contribution in [0.4, 0.5) is 0 Å². The molecule has 0 atom stereocenters. The van der Waals surface area contributed by atoms with Crippen molar-refractivity contribution in [3.63, 3.8) is 0 Å². The Bertz CT molecular complexity index is 145. The van der Waals surface area contributed by atoms with E-state index in [-0.39, 0.29) is 0 Å². The molecule has 90 valence electrons. The normalized spacial score (nSPS) is 16.8. The van der Waals surface area contributed by atoms with Gasteiger partial charge < -0.3 is 9.64 Å². The van der Waals surface area contributed by atoms with Gasteiger partial charge in [0.2, 0.25) is 0 Å². The van der Waals surface area contributed by atoms with Gasteiger partial charge in [0.25, 0.3) is 6.47 Å². The van der Waals surface area contributed by atoms with Crippen LogP contribution in [0.2, 0.25) is 0 Å². The largest absolute Gasteiger partial charge is 0.471 e. The average Bonchev–Trinajstić information content (AvgIpc) is 2.30. The van der Waals surface area contributed by atoms with Crippen molar-refractivity contribution in [1.29, 1.82) is 0 Å². The Morgan fingerprint density at radius 1 is 1.33 bits per heavy atom. The van der Waals surface area contributed by atoms with E-state index in [2.05, 4.69) is 23.6 Å². The number of hydrogen-bond donors (Lipinski definition) is 0. The third-order valence-corrected chi connectivity index (χ3v) is 2.93. The fourth-order valence-corrected chi connectivity index (χ4v) is 1.94. The van der Waals surface area contributed by atoms with Crippen molar-refractivity contribution in [2.45, 2.75) is 39.0 Å². The molecule has 0 amide bonds. The second kappa shape index (κ2) is 9.97. The number of methoxy groups -OCH3 is 1. The molecule has 1 saturated carbocycles. The van der Waals surface area contributed by atoms with Crippen LogP contribution in [0.25, 0.3) is 0 Å². The van der Waals surface area contributed by atoms with Gasteiger partial charge in [-0.15, -0.1) is 0 Å². The van der Waals surface area contributed by atoms with Gasteiger partial charge in [-0.05, 0) is 32.4 Å². The summed E-state index contributed by atoms with van der Waals surface area (Å²) >= 11 is 0. The highest BCUT2D eigenvalue weighted by Gasteiger charge is 2.13. The molecule has 0 radical (unpaired) electrons. The van der Waals surface area contributed by atoms with Crippen LogP contribution in [0.15, 0.2) is 0 Å². The summed E-state index contributed by atoms with van der Waals surface area (Å²) in [5.74, 6) is 1.01. The molecule has 1 rings (SSSR count). The van der Waals surface area contributed by atoms with Crippen molar-refractivity contribution in [3.8, 4) is 0 Å². The second-order valence-corrected chi connectivity index (χ2v) is 4.19. The molecule has 0 unspecified atom stereocenters. The predicted molar refractivity (Wildman–Crippen MR) is 62.8 cm³/mol. The van der Waals surface area contributed by atoms with Crippen LogP contribution in [0.5, 0.6) is 0 Å². The van der Waals surface area contributed by atoms with Crippen LogP contribution in [0.1, 0.15) is 39.0 Å². The number of ether oxygens (including phenoxy) is 1. The topological polar surface area (TPSA) is 29.5 Å². The third kappa shape index (κ3) is 8.43. The zero-order chi connectivity index (χ0) is 11.5. The molecule has 1 aliphatic rings. The molecule has 0 bridgehead atoms. The van der Waals surface area contributed by atoms with Gasteiger partial charge in [0.05, 0.1) is 7.11 Å². The van der Waals surface area contributed by atoms with Crippen molar-refractivity contribution in [3.05, 3.63) is 0 Å². The van der Waals surface area contributed by atoms with E-state index >= 15 is 0 Å². The minimum atomic E-state index is 0.375. The quantitative estimate of drug-likeness (QED) is 0.674. The summed E-state index contributed by atoms with van der Waals surface area (Å²) in [6, 6.07) is 0. The smallest absolute Gasteiger partial charge is 0.292 e. The standard InChI is InChI=1S/C10H21N.C2H4O2/c1-3-11(2)9-10-7-5-4-6-8-10;1-4-2-3/h10H,3-9H2,1-2H3;2H,1H3. The lowest BCUT2D eigenvalue weighted by molar-refractivity contribution is -0.126. The average molecular weight is 215 g/mol. The van der Waals surface area contributed by atoms with E-state index in [4.69, 9.17) is 4.79 Å². The fourth-order valence-electron chi connectivity index (χ4n) is 1.94. The highest BCUT2D eigenvalue weighted by atomic mass is 16.5. The molecule has 0 N–H and O–H groups in total. The summed E-state index contributed by atoms with van der Waals surface area (Å²) in [5.41, 5.74) is 0. The molecule has 0 aliphatic heterocycles. The van der Waals surface area contributed by atoms with Gasteiger partial charge in [0.15, 0.2) is 0 Å². The van der Waals surface area contributed by atoms with E-state index in [9.17, 15) is 0 Å². The predicted octanol–water partition coefficient (Wildman–Crippen LogP) is 2.31. The highest BCUT2D eigenvalue weighted by Crippen LogP contribution is 2.23. The summed E-state index contributed by atoms with van der Waals surface area (Å²) in [6.07, 6.45) is 7.38. The van der Waals surface area contributed by atoms with E-state index in [1.807, 2.05) is 0 Å². The van der Waals surface area contributed by atoms with Gasteiger partial charge in [0, 0.05) is 6.54 Å². The molecular formula is C12H25NO2. The first-order valence-electron chi connectivity index (χ1n) is 5.89. The maximum absolute atomic E-state index is 8.95. The molecule has 0 spiro atoms. The molecule has 0 saturated heterocycles. The van der Waals surface area contributed by atoms with Gasteiger partial charge >= 0.3 is 0 Å². The molecule has 3 heteroatoms. The Labute approximate surface area is 93.8 Å². The molecule has 15 heavy (non-hydrogen) atoms. The van der Waals surface area contributed by atoms with E-state index in [0.29, 0.717) is 6.47 Å². The van der Waals surface area contributed by atoms with Crippen molar-refractivity contribution < 1.29 is 9.53 Å². The van der Waals surface area contributed by atoms with Gasteiger partial charge in [-0.3, -0.25) is 4.79 Å². The number of carbonyl (C=O) groups is 1. The van der Waals surface area contributed by atoms with Crippen molar-refractivity contribution in [1.82, 2.24) is 4.90 Å². The lowest BCUT2D eigenvalue weighted by Crippen LogP contribution is -2.26. The number of rotatable bonds is 4. The van der Waals surface area contributed by atoms with Crippen LogP contribution in [-0.4, -0.2) is 38.6 Å². The SMILES string of the molecule is CCN(C)CC1CCCCC1.COC=O. The summed E-state index contributed by atoms with van der Waals surface area (Å²) in [4.78, 5) is 11.4. The molecule has 0 heterocycles. The lowest BCUT2D eigenvalue weighted by atomic mass is 9.89. The Morgan fingerprint density at radius 3 is 2.27 bits per heavy atom. The molecule has 0 aromatic carbocycles. The zero-order valence-electron chi connectivity index (χ0n) is 10.4. The second-order valence-electron chi connectivity index (χ2n) is 4.19. The Kier molecular flexibility index (Phi) is 9.59. The maximum Gasteiger partial charge on any atom is 0.292 e.